The third-order valence-electron chi connectivity index (χ3n) is 4.96. The minimum Gasteiger partial charge on any atom is -0.507 e. The van der Waals surface area contributed by atoms with Crippen molar-refractivity contribution in [1.29, 1.82) is 0 Å². The Morgan fingerprint density at radius 1 is 1.23 bits per heavy atom. The highest BCUT2D eigenvalue weighted by atomic mass is 19.3. The normalized spacial score (nSPS) is 15.7. The first kappa shape index (κ1) is 22.5. The van der Waals surface area contributed by atoms with Crippen LogP contribution in [0, 0.1) is 5.92 Å². The molecule has 0 atom stereocenters. The predicted octanol–water partition coefficient (Wildman–Crippen LogP) is 3.72. The van der Waals surface area contributed by atoms with Crippen molar-refractivity contribution in [3.8, 4) is 5.75 Å². The molecule has 0 unspecified atom stereocenters. The van der Waals surface area contributed by atoms with Crippen molar-refractivity contribution in [2.75, 3.05) is 18.4 Å². The quantitative estimate of drug-likeness (QED) is 0.707. The average molecular weight is 438 g/mol. The van der Waals surface area contributed by atoms with Crippen LogP contribution in [0.2, 0.25) is 0 Å². The van der Waals surface area contributed by atoms with Crippen molar-refractivity contribution in [3.63, 3.8) is 0 Å². The van der Waals surface area contributed by atoms with Gasteiger partial charge in [-0.3, -0.25) is 4.79 Å². The highest BCUT2D eigenvalue weighted by molar-refractivity contribution is 6.03. The number of fused-ring (bicyclic) bond motifs is 1. The van der Waals surface area contributed by atoms with Crippen LogP contribution in [0.3, 0.4) is 0 Å². The minimum atomic E-state index is -3.72. The van der Waals surface area contributed by atoms with E-state index in [1.807, 2.05) is 0 Å². The van der Waals surface area contributed by atoms with Crippen LogP contribution < -0.4 is 10.9 Å². The van der Waals surface area contributed by atoms with Crippen molar-refractivity contribution in [3.05, 3.63) is 34.7 Å². The molecule has 168 valence electrons. The number of piperidine rings is 1. The number of ether oxygens (including phenoxy) is 1. The lowest BCUT2D eigenvalue weighted by Crippen LogP contribution is -2.49. The van der Waals surface area contributed by atoms with Gasteiger partial charge in [0.1, 0.15) is 11.4 Å². The Balaban J connectivity index is 1.71. The Bertz CT molecular complexity index is 1050. The summed E-state index contributed by atoms with van der Waals surface area (Å²) < 4.78 is 39.9. The van der Waals surface area contributed by atoms with Crippen molar-refractivity contribution in [1.82, 2.24) is 4.90 Å². The van der Waals surface area contributed by atoms with Gasteiger partial charge in [0.05, 0.1) is 17.1 Å². The molecule has 1 aromatic heterocycles. The zero-order valence-electron chi connectivity index (χ0n) is 17.4. The van der Waals surface area contributed by atoms with Gasteiger partial charge in [-0.15, -0.1) is 0 Å². The lowest BCUT2D eigenvalue weighted by Gasteiger charge is -2.35. The number of benzene rings is 1. The summed E-state index contributed by atoms with van der Waals surface area (Å²) in [5.74, 6) is -6.94. The number of anilines is 1. The molecule has 2 aromatic rings. The van der Waals surface area contributed by atoms with E-state index in [1.54, 1.807) is 20.8 Å². The van der Waals surface area contributed by atoms with Gasteiger partial charge in [-0.2, -0.15) is 8.78 Å². The number of alkyl halides is 2. The smallest absolute Gasteiger partial charge is 0.410 e. The van der Waals surface area contributed by atoms with Crippen LogP contribution in [-0.2, 0) is 9.53 Å². The second-order valence-electron chi connectivity index (χ2n) is 8.45. The van der Waals surface area contributed by atoms with Gasteiger partial charge in [-0.05, 0) is 45.7 Å². The molecule has 10 heteroatoms. The molecule has 2 N–H and O–H groups in total. The van der Waals surface area contributed by atoms with Crippen LogP contribution in [0.1, 0.15) is 33.6 Å². The molecule has 1 aliphatic heterocycles. The fourth-order valence-electron chi connectivity index (χ4n) is 3.41. The number of rotatable bonds is 3. The predicted molar refractivity (Wildman–Crippen MR) is 108 cm³/mol. The van der Waals surface area contributed by atoms with Crippen molar-refractivity contribution >= 4 is 28.7 Å². The minimum absolute atomic E-state index is 0.0411. The molecule has 31 heavy (non-hydrogen) atoms. The number of hydrogen-bond donors (Lipinski definition) is 2. The van der Waals surface area contributed by atoms with Gasteiger partial charge >= 0.3 is 17.6 Å². The number of hydrogen-bond acceptors (Lipinski definition) is 6. The molecule has 1 aromatic carbocycles. The molecule has 1 saturated heterocycles. The lowest BCUT2D eigenvalue weighted by atomic mass is 9.90. The van der Waals surface area contributed by atoms with E-state index >= 15 is 0 Å². The average Bonchev–Trinajstić information content (AvgIpc) is 2.67. The highest BCUT2D eigenvalue weighted by Crippen LogP contribution is 2.36. The summed E-state index contributed by atoms with van der Waals surface area (Å²) in [6, 6.07) is 4.99. The Morgan fingerprint density at radius 2 is 1.87 bits per heavy atom. The molecule has 2 amide bonds. The summed E-state index contributed by atoms with van der Waals surface area (Å²) in [5, 5.41) is 12.1. The molecule has 0 spiro atoms. The van der Waals surface area contributed by atoms with E-state index in [0.717, 1.165) is 6.07 Å². The maximum Gasteiger partial charge on any atom is 0.410 e. The van der Waals surface area contributed by atoms with Crippen LogP contribution in [0.25, 0.3) is 11.0 Å². The van der Waals surface area contributed by atoms with Gasteiger partial charge in [0, 0.05) is 19.0 Å². The van der Waals surface area contributed by atoms with E-state index in [1.165, 1.54) is 23.1 Å². The summed E-state index contributed by atoms with van der Waals surface area (Å²) in [7, 11) is 0. The van der Waals surface area contributed by atoms with Gasteiger partial charge in [0.2, 0.25) is 0 Å². The van der Waals surface area contributed by atoms with Crippen molar-refractivity contribution < 1.29 is 32.6 Å². The Morgan fingerprint density at radius 3 is 2.48 bits per heavy atom. The molecule has 0 bridgehead atoms. The summed E-state index contributed by atoms with van der Waals surface area (Å²) in [6.45, 7) is 5.22. The van der Waals surface area contributed by atoms with Gasteiger partial charge in [0.25, 0.3) is 5.91 Å². The number of likely N-dealkylation sites (tertiary alicyclic amines) is 1. The molecule has 2 heterocycles. The molecule has 3 rings (SSSR count). The molecule has 8 nitrogen and oxygen atoms in total. The van der Waals surface area contributed by atoms with Crippen LogP contribution >= 0.6 is 0 Å². The summed E-state index contributed by atoms with van der Waals surface area (Å²) in [6.07, 6.45) is -0.736. The molecular formula is C21H24F2N2O6. The van der Waals surface area contributed by atoms with Crippen LogP contribution in [0.5, 0.6) is 5.75 Å². The number of halogens is 2. The van der Waals surface area contributed by atoms with Crippen molar-refractivity contribution in [2.24, 2.45) is 5.92 Å². The van der Waals surface area contributed by atoms with E-state index in [-0.39, 0.29) is 48.3 Å². The van der Waals surface area contributed by atoms with Gasteiger partial charge in [-0.25, -0.2) is 9.59 Å². The third-order valence-corrected chi connectivity index (χ3v) is 4.96. The van der Waals surface area contributed by atoms with Crippen molar-refractivity contribution in [2.45, 2.75) is 45.1 Å². The summed E-state index contributed by atoms with van der Waals surface area (Å²) in [4.78, 5) is 37.4. The Kier molecular flexibility index (Phi) is 5.93. The summed E-state index contributed by atoms with van der Waals surface area (Å²) in [5.41, 5.74) is -1.93. The van der Waals surface area contributed by atoms with Crippen LogP contribution in [0.15, 0.2) is 33.5 Å². The monoisotopic (exact) mass is 438 g/mol. The number of nitrogens with zero attached hydrogens (tertiary/aromatic N) is 1. The third kappa shape index (κ3) is 4.95. The van der Waals surface area contributed by atoms with E-state index in [2.05, 4.69) is 5.32 Å². The largest absolute Gasteiger partial charge is 0.507 e. The standard InChI is InChI=1S/C21H24F2N2O6/c1-20(2,3)31-19(29)25-9-7-12(8-10-25)21(22,23)18(28)24-14-6-4-5-13-15(26)11-16(27)30-17(13)14/h4-6,11-12,26H,7-10H2,1-3H3,(H,24,28). The van der Waals surface area contributed by atoms with Gasteiger partial charge in [0.15, 0.2) is 5.58 Å². The van der Waals surface area contributed by atoms with E-state index < -0.39 is 35.1 Å². The molecule has 0 radical (unpaired) electrons. The van der Waals surface area contributed by atoms with Gasteiger partial charge in [-0.1, -0.05) is 6.07 Å². The van der Waals surface area contributed by atoms with Gasteiger partial charge < -0.3 is 24.5 Å². The first-order valence-electron chi connectivity index (χ1n) is 9.81. The zero-order chi connectivity index (χ0) is 23.0. The fraction of sp³-hybridized carbons (Fsp3) is 0.476. The van der Waals surface area contributed by atoms with E-state index in [9.17, 15) is 28.3 Å². The Labute approximate surface area is 176 Å². The zero-order valence-corrected chi connectivity index (χ0v) is 17.4. The Hall–Kier alpha value is -3.17. The highest BCUT2D eigenvalue weighted by Gasteiger charge is 2.48. The van der Waals surface area contributed by atoms with Crippen LogP contribution in [0.4, 0.5) is 19.3 Å². The number of para-hydroxylation sites is 1. The molecular weight excluding hydrogens is 414 g/mol. The molecule has 0 saturated carbocycles. The van der Waals surface area contributed by atoms with E-state index in [4.69, 9.17) is 9.15 Å². The topological polar surface area (TPSA) is 109 Å². The van der Waals surface area contributed by atoms with Crippen LogP contribution in [-0.4, -0.2) is 46.6 Å². The van der Waals surface area contributed by atoms with E-state index in [0.29, 0.717) is 0 Å². The number of carbonyl (C=O) groups is 2. The SMILES string of the molecule is CC(C)(C)OC(=O)N1CCC(C(F)(F)C(=O)Nc2cccc3c(O)cc(=O)oc23)CC1. The second-order valence-corrected chi connectivity index (χ2v) is 8.45. The lowest BCUT2D eigenvalue weighted by molar-refractivity contribution is -0.150. The number of aromatic hydroxyl groups is 1. The number of nitrogens with one attached hydrogen (secondary N) is 1. The molecule has 1 aliphatic rings. The molecule has 0 aliphatic carbocycles. The summed E-state index contributed by atoms with van der Waals surface area (Å²) >= 11 is 0. The first-order valence-corrected chi connectivity index (χ1v) is 9.81. The number of amides is 2. The molecule has 1 fully saturated rings. The number of carbonyl (C=O) groups excluding carboxylic acids is 2. The first-order chi connectivity index (χ1) is 14.4. The second kappa shape index (κ2) is 8.16. The fourth-order valence-corrected chi connectivity index (χ4v) is 3.41. The maximum atomic E-state index is 14.9. The maximum absolute atomic E-state index is 14.9.